The van der Waals surface area contributed by atoms with E-state index in [-0.39, 0.29) is 6.61 Å². The molecular formula is C17H24N2O. The normalized spacial score (nSPS) is 11.2. The first-order valence-electron chi connectivity index (χ1n) is 7.21. The molecule has 0 bridgehead atoms. The molecular weight excluding hydrogens is 248 g/mol. The molecule has 1 aromatic heterocycles. The molecule has 20 heavy (non-hydrogen) atoms. The third-order valence-corrected chi connectivity index (χ3v) is 3.26. The Morgan fingerprint density at radius 1 is 1.05 bits per heavy atom. The molecule has 0 spiro atoms. The molecule has 0 saturated carbocycles. The molecule has 0 aliphatic rings. The number of hydrogen-bond acceptors (Lipinski definition) is 2. The van der Waals surface area contributed by atoms with Gasteiger partial charge in [0.15, 0.2) is 0 Å². The highest BCUT2D eigenvalue weighted by molar-refractivity contribution is 5.23. The molecule has 0 radical (unpaired) electrons. The molecule has 3 nitrogen and oxygen atoms in total. The van der Waals surface area contributed by atoms with Gasteiger partial charge in [-0.15, -0.1) is 0 Å². The molecule has 0 amide bonds. The lowest BCUT2D eigenvalue weighted by molar-refractivity contribution is 0.282. The van der Waals surface area contributed by atoms with Crippen LogP contribution in [0.4, 0.5) is 0 Å². The van der Waals surface area contributed by atoms with Crippen LogP contribution in [0.1, 0.15) is 30.5 Å². The van der Waals surface area contributed by atoms with Gasteiger partial charge in [0, 0.05) is 25.5 Å². The fraction of sp³-hybridized carbons (Fsp3) is 0.412. The van der Waals surface area contributed by atoms with Crippen LogP contribution < -0.4 is 5.32 Å². The van der Waals surface area contributed by atoms with Gasteiger partial charge in [0.25, 0.3) is 0 Å². The molecule has 2 N–H and O–H groups in total. The topological polar surface area (TPSA) is 37.2 Å². The van der Waals surface area contributed by atoms with Gasteiger partial charge in [-0.05, 0) is 35.2 Å². The second kappa shape index (κ2) is 7.27. The molecule has 2 aromatic rings. The standard InChI is InChI=1S/C17H24N2O/c1-14(2)9-18-10-17-7-8-19(12-17)11-15-3-5-16(13-20)6-4-15/h3-8,12,14,18,20H,9-11,13H2,1-2H3. The fourth-order valence-electron chi connectivity index (χ4n) is 2.16. The van der Waals surface area contributed by atoms with Gasteiger partial charge in [-0.25, -0.2) is 0 Å². The van der Waals surface area contributed by atoms with Crippen molar-refractivity contribution in [2.45, 2.75) is 33.5 Å². The van der Waals surface area contributed by atoms with Crippen molar-refractivity contribution in [2.24, 2.45) is 5.92 Å². The van der Waals surface area contributed by atoms with Gasteiger partial charge < -0.3 is 15.0 Å². The van der Waals surface area contributed by atoms with Crippen molar-refractivity contribution >= 4 is 0 Å². The number of aliphatic hydroxyl groups excluding tert-OH is 1. The van der Waals surface area contributed by atoms with Crippen LogP contribution in [0.5, 0.6) is 0 Å². The SMILES string of the molecule is CC(C)CNCc1ccn(Cc2ccc(CO)cc2)c1. The van der Waals surface area contributed by atoms with Crippen molar-refractivity contribution in [3.63, 3.8) is 0 Å². The number of rotatable bonds is 7. The summed E-state index contributed by atoms with van der Waals surface area (Å²) < 4.78 is 2.19. The minimum Gasteiger partial charge on any atom is -0.392 e. The van der Waals surface area contributed by atoms with E-state index in [1.807, 2.05) is 12.1 Å². The van der Waals surface area contributed by atoms with Crippen LogP contribution >= 0.6 is 0 Å². The summed E-state index contributed by atoms with van der Waals surface area (Å²) in [5.41, 5.74) is 3.52. The Hall–Kier alpha value is -1.58. The van der Waals surface area contributed by atoms with Gasteiger partial charge in [0.05, 0.1) is 6.61 Å². The highest BCUT2D eigenvalue weighted by Crippen LogP contribution is 2.08. The van der Waals surface area contributed by atoms with Crippen LogP contribution in [-0.4, -0.2) is 16.2 Å². The largest absolute Gasteiger partial charge is 0.392 e. The maximum absolute atomic E-state index is 9.03. The highest BCUT2D eigenvalue weighted by Gasteiger charge is 2.00. The fourth-order valence-corrected chi connectivity index (χ4v) is 2.16. The molecule has 108 valence electrons. The lowest BCUT2D eigenvalue weighted by Gasteiger charge is -2.06. The average molecular weight is 272 g/mol. The smallest absolute Gasteiger partial charge is 0.0681 e. The molecule has 1 heterocycles. The van der Waals surface area contributed by atoms with Crippen LogP contribution in [0.3, 0.4) is 0 Å². The van der Waals surface area contributed by atoms with Gasteiger partial charge in [-0.3, -0.25) is 0 Å². The summed E-state index contributed by atoms with van der Waals surface area (Å²) in [4.78, 5) is 0. The predicted molar refractivity (Wildman–Crippen MR) is 82.4 cm³/mol. The van der Waals surface area contributed by atoms with Crippen LogP contribution in [0.25, 0.3) is 0 Å². The minimum atomic E-state index is 0.107. The van der Waals surface area contributed by atoms with Crippen LogP contribution in [0, 0.1) is 5.92 Å². The molecule has 0 atom stereocenters. The maximum Gasteiger partial charge on any atom is 0.0681 e. The summed E-state index contributed by atoms with van der Waals surface area (Å²) in [6, 6.07) is 10.3. The summed E-state index contributed by atoms with van der Waals surface area (Å²) in [7, 11) is 0. The zero-order chi connectivity index (χ0) is 14.4. The van der Waals surface area contributed by atoms with Crippen molar-refractivity contribution in [2.75, 3.05) is 6.54 Å². The molecule has 0 unspecified atom stereocenters. The predicted octanol–water partition coefficient (Wildman–Crippen LogP) is 2.77. The van der Waals surface area contributed by atoms with E-state index in [2.05, 4.69) is 54.3 Å². The van der Waals surface area contributed by atoms with E-state index >= 15 is 0 Å². The Labute approximate surface area is 121 Å². The molecule has 0 aliphatic carbocycles. The third-order valence-electron chi connectivity index (χ3n) is 3.26. The Kier molecular flexibility index (Phi) is 5.39. The van der Waals surface area contributed by atoms with Crippen molar-refractivity contribution < 1.29 is 5.11 Å². The highest BCUT2D eigenvalue weighted by atomic mass is 16.3. The Morgan fingerprint density at radius 3 is 2.40 bits per heavy atom. The summed E-state index contributed by atoms with van der Waals surface area (Å²) in [5, 5.41) is 12.5. The number of aliphatic hydroxyl groups is 1. The van der Waals surface area contributed by atoms with Gasteiger partial charge in [0.1, 0.15) is 0 Å². The number of benzene rings is 1. The number of hydrogen-bond donors (Lipinski definition) is 2. The van der Waals surface area contributed by atoms with Crippen molar-refractivity contribution in [3.8, 4) is 0 Å². The van der Waals surface area contributed by atoms with Crippen LogP contribution in [0.15, 0.2) is 42.7 Å². The van der Waals surface area contributed by atoms with Gasteiger partial charge in [-0.2, -0.15) is 0 Å². The van der Waals surface area contributed by atoms with E-state index in [9.17, 15) is 0 Å². The van der Waals surface area contributed by atoms with Crippen molar-refractivity contribution in [3.05, 3.63) is 59.4 Å². The zero-order valence-corrected chi connectivity index (χ0v) is 12.3. The molecule has 3 heteroatoms. The zero-order valence-electron chi connectivity index (χ0n) is 12.3. The quantitative estimate of drug-likeness (QED) is 0.813. The lowest BCUT2D eigenvalue weighted by Crippen LogP contribution is -2.18. The molecule has 0 saturated heterocycles. The lowest BCUT2D eigenvalue weighted by atomic mass is 10.1. The number of nitrogens with zero attached hydrogens (tertiary/aromatic N) is 1. The summed E-state index contributed by atoms with van der Waals surface area (Å²) in [5.74, 6) is 0.683. The average Bonchev–Trinajstić information content (AvgIpc) is 2.87. The van der Waals surface area contributed by atoms with Crippen molar-refractivity contribution in [1.82, 2.24) is 9.88 Å². The molecule has 2 rings (SSSR count). The maximum atomic E-state index is 9.03. The van der Waals surface area contributed by atoms with E-state index < -0.39 is 0 Å². The number of nitrogens with one attached hydrogen (secondary N) is 1. The Morgan fingerprint density at radius 2 is 1.75 bits per heavy atom. The first-order valence-corrected chi connectivity index (χ1v) is 7.21. The third kappa shape index (κ3) is 4.51. The summed E-state index contributed by atoms with van der Waals surface area (Å²) in [6.07, 6.45) is 4.31. The summed E-state index contributed by atoms with van der Waals surface area (Å²) in [6.45, 7) is 7.39. The first-order chi connectivity index (χ1) is 9.67. The first kappa shape index (κ1) is 14.8. The molecule has 0 aliphatic heterocycles. The van der Waals surface area contributed by atoms with E-state index in [0.29, 0.717) is 5.92 Å². The second-order valence-electron chi connectivity index (χ2n) is 5.69. The Balaban J connectivity index is 1.88. The van der Waals surface area contributed by atoms with Gasteiger partial charge in [-0.1, -0.05) is 38.1 Å². The monoisotopic (exact) mass is 272 g/mol. The van der Waals surface area contributed by atoms with Crippen molar-refractivity contribution in [1.29, 1.82) is 0 Å². The van der Waals surface area contributed by atoms with E-state index in [4.69, 9.17) is 5.11 Å². The van der Waals surface area contributed by atoms with Crippen LogP contribution in [-0.2, 0) is 19.7 Å². The Bertz CT molecular complexity index is 514. The minimum absolute atomic E-state index is 0.107. The van der Waals surface area contributed by atoms with Crippen LogP contribution in [0.2, 0.25) is 0 Å². The van der Waals surface area contributed by atoms with E-state index in [1.54, 1.807) is 0 Å². The summed E-state index contributed by atoms with van der Waals surface area (Å²) >= 11 is 0. The van der Waals surface area contributed by atoms with E-state index in [0.717, 1.165) is 25.2 Å². The number of aromatic nitrogens is 1. The van der Waals surface area contributed by atoms with Gasteiger partial charge in [0.2, 0.25) is 0 Å². The second-order valence-corrected chi connectivity index (χ2v) is 5.69. The molecule has 0 fully saturated rings. The van der Waals surface area contributed by atoms with Gasteiger partial charge >= 0.3 is 0 Å². The van der Waals surface area contributed by atoms with E-state index in [1.165, 1.54) is 11.1 Å². The molecule has 1 aromatic carbocycles.